The van der Waals surface area contributed by atoms with Crippen molar-refractivity contribution in [1.29, 1.82) is 0 Å². The minimum Gasteiger partial charge on any atom is -0.507 e. The maximum atomic E-state index is 14.2. The SMILES string of the molecule is Cc1ncsc1-c1ccc([C@H](C)NC(=O)[C@@H]2C[C@@H](O)CN2C(=O)[C@@H](NC(=O)CN2CCC(N(C)c3ccc(-c4cc(-c5ccccc5O)nnc4N)cc3)CC2)C(C)(C)C)cc1. The number of rotatable bonds is 12. The van der Waals surface area contributed by atoms with Crippen molar-refractivity contribution in [3.8, 4) is 38.6 Å². The highest BCUT2D eigenvalue weighted by Crippen LogP contribution is 2.34. The molecule has 3 aromatic carbocycles. The predicted octanol–water partition coefficient (Wildman–Crippen LogP) is 5.80. The van der Waals surface area contributed by atoms with E-state index in [1.807, 2.05) is 88.7 Å². The molecule has 62 heavy (non-hydrogen) atoms. The molecule has 4 heterocycles. The Kier molecular flexibility index (Phi) is 13.3. The molecular formula is C47H57N9O5S. The molecule has 0 spiro atoms. The second-order valence-electron chi connectivity index (χ2n) is 17.6. The van der Waals surface area contributed by atoms with E-state index < -0.39 is 23.6 Å². The average Bonchev–Trinajstić information content (AvgIpc) is 3.88. The van der Waals surface area contributed by atoms with Gasteiger partial charge in [-0.05, 0) is 79.1 Å². The maximum Gasteiger partial charge on any atom is 0.246 e. The van der Waals surface area contributed by atoms with E-state index in [2.05, 4.69) is 54.8 Å². The number of hydrogen-bond donors (Lipinski definition) is 5. The van der Waals surface area contributed by atoms with E-state index in [1.54, 1.807) is 29.5 Å². The summed E-state index contributed by atoms with van der Waals surface area (Å²) in [6.45, 7) is 11.1. The maximum absolute atomic E-state index is 14.2. The van der Waals surface area contributed by atoms with E-state index in [-0.39, 0.29) is 55.1 Å². The van der Waals surface area contributed by atoms with Gasteiger partial charge in [-0.3, -0.25) is 19.3 Å². The number of nitrogens with one attached hydrogen (secondary N) is 2. The molecule has 0 unspecified atom stereocenters. The normalized spacial score (nSPS) is 18.3. The third kappa shape index (κ3) is 9.90. The van der Waals surface area contributed by atoms with Crippen LogP contribution in [0.15, 0.2) is 84.4 Å². The van der Waals surface area contributed by atoms with Crippen LogP contribution in [0.4, 0.5) is 11.5 Å². The van der Waals surface area contributed by atoms with Crippen molar-refractivity contribution in [1.82, 2.24) is 35.6 Å². The minimum absolute atomic E-state index is 0.00991. The van der Waals surface area contributed by atoms with Gasteiger partial charge in [0.2, 0.25) is 17.7 Å². The number of para-hydroxylation sites is 1. The first-order valence-corrected chi connectivity index (χ1v) is 22.0. The Labute approximate surface area is 367 Å². The molecule has 2 aliphatic heterocycles. The molecule has 15 heteroatoms. The predicted molar refractivity (Wildman–Crippen MR) is 243 cm³/mol. The molecule has 5 aromatic rings. The molecule has 0 bridgehead atoms. The van der Waals surface area contributed by atoms with Gasteiger partial charge in [0.15, 0.2) is 5.82 Å². The molecule has 3 amide bonds. The molecule has 2 aliphatic rings. The summed E-state index contributed by atoms with van der Waals surface area (Å²) in [5.74, 6) is -0.573. The van der Waals surface area contributed by atoms with Gasteiger partial charge in [-0.25, -0.2) is 4.98 Å². The van der Waals surface area contributed by atoms with Crippen LogP contribution < -0.4 is 21.3 Å². The lowest BCUT2D eigenvalue weighted by Crippen LogP contribution is -2.59. The van der Waals surface area contributed by atoms with Gasteiger partial charge in [0.05, 0.1) is 40.5 Å². The number of aliphatic hydroxyl groups excluding tert-OH is 1. The smallest absolute Gasteiger partial charge is 0.246 e. The Bertz CT molecular complexity index is 2370. The number of nitrogen functional groups attached to an aromatic ring is 1. The van der Waals surface area contributed by atoms with Gasteiger partial charge < -0.3 is 36.4 Å². The van der Waals surface area contributed by atoms with Gasteiger partial charge in [-0.15, -0.1) is 21.5 Å². The van der Waals surface area contributed by atoms with E-state index >= 15 is 0 Å². The first-order chi connectivity index (χ1) is 29.6. The summed E-state index contributed by atoms with van der Waals surface area (Å²) in [5, 5.41) is 35.5. The number of hydrogen-bond acceptors (Lipinski definition) is 12. The monoisotopic (exact) mass is 859 g/mol. The molecule has 2 saturated heterocycles. The number of carbonyl (C=O) groups is 3. The fourth-order valence-corrected chi connectivity index (χ4v) is 9.24. The number of nitrogens with zero attached hydrogens (tertiary/aromatic N) is 6. The zero-order chi connectivity index (χ0) is 44.3. The van der Waals surface area contributed by atoms with Crippen LogP contribution in [0, 0.1) is 12.3 Å². The zero-order valence-electron chi connectivity index (χ0n) is 36.2. The summed E-state index contributed by atoms with van der Waals surface area (Å²) in [6, 6.07) is 23.1. The molecule has 14 nitrogen and oxygen atoms in total. The fourth-order valence-electron chi connectivity index (χ4n) is 8.43. The van der Waals surface area contributed by atoms with Crippen molar-refractivity contribution >= 4 is 40.6 Å². The van der Waals surface area contributed by atoms with Gasteiger partial charge in [0.25, 0.3) is 0 Å². The first-order valence-electron chi connectivity index (χ1n) is 21.1. The number of β-amino-alcohol motifs (C(OH)–C–C–N with tert-alkyl or cyclic N) is 1. The number of aliphatic hydroxyl groups is 1. The molecule has 0 aliphatic carbocycles. The quantitative estimate of drug-likeness (QED) is 0.102. The van der Waals surface area contributed by atoms with Crippen molar-refractivity contribution in [2.75, 3.05) is 43.9 Å². The molecule has 4 atom stereocenters. The number of carbonyl (C=O) groups excluding carboxylic acids is 3. The molecule has 2 aromatic heterocycles. The van der Waals surface area contributed by atoms with Crippen LogP contribution in [-0.2, 0) is 14.4 Å². The van der Waals surface area contributed by atoms with Gasteiger partial charge >= 0.3 is 0 Å². The van der Waals surface area contributed by atoms with Crippen LogP contribution in [0.5, 0.6) is 5.75 Å². The van der Waals surface area contributed by atoms with Gasteiger partial charge in [-0.2, -0.15) is 0 Å². The molecule has 2 fully saturated rings. The number of phenolic OH excluding ortho intramolecular Hbond substituents is 1. The molecular weight excluding hydrogens is 803 g/mol. The lowest BCUT2D eigenvalue weighted by molar-refractivity contribution is -0.144. The topological polar surface area (TPSA) is 190 Å². The molecule has 7 rings (SSSR count). The number of amides is 3. The van der Waals surface area contributed by atoms with E-state index in [1.165, 1.54) is 4.90 Å². The summed E-state index contributed by atoms with van der Waals surface area (Å²) in [5.41, 5.74) is 14.1. The highest BCUT2D eigenvalue weighted by atomic mass is 32.1. The largest absolute Gasteiger partial charge is 0.507 e. The fraction of sp³-hybridized carbons (Fsp3) is 0.404. The number of thiazole rings is 1. The van der Waals surface area contributed by atoms with Crippen LogP contribution >= 0.6 is 11.3 Å². The third-order valence-electron chi connectivity index (χ3n) is 12.1. The van der Waals surface area contributed by atoms with Crippen molar-refractivity contribution in [3.05, 3.63) is 95.6 Å². The summed E-state index contributed by atoms with van der Waals surface area (Å²) in [6.07, 6.45) is 0.942. The average molecular weight is 860 g/mol. The molecule has 326 valence electrons. The van der Waals surface area contributed by atoms with Gasteiger partial charge in [0, 0.05) is 56.0 Å². The lowest BCUT2D eigenvalue weighted by Gasteiger charge is -2.38. The summed E-state index contributed by atoms with van der Waals surface area (Å²) >= 11 is 1.58. The van der Waals surface area contributed by atoms with Crippen LogP contribution in [0.3, 0.4) is 0 Å². The standard InChI is InChI=1S/C47H57N9O5S/c1-28(30-11-13-32(14-12-30)42-29(2)49-27-62-42)50-45(60)39-23-35(57)25-56(39)46(61)43(47(3,4)5)51-41(59)26-55-21-19-34(20-22-55)54(6)33-17-15-31(16-18-33)37-24-38(52-53-44(37)48)36-9-7-8-10-40(36)58/h7-18,24,27-28,34-35,39,43,57-58H,19-23,25-26H2,1-6H3,(H2,48,53)(H,50,60)(H,51,59)/t28-,35+,39-,43+/m0/s1. The zero-order valence-corrected chi connectivity index (χ0v) is 37.0. The highest BCUT2D eigenvalue weighted by molar-refractivity contribution is 7.13. The van der Waals surface area contributed by atoms with E-state index in [4.69, 9.17) is 5.73 Å². The summed E-state index contributed by atoms with van der Waals surface area (Å²) in [7, 11) is 2.08. The van der Waals surface area contributed by atoms with Crippen LogP contribution in [0.2, 0.25) is 0 Å². The van der Waals surface area contributed by atoms with Gasteiger partial charge in [0.1, 0.15) is 17.8 Å². The number of benzene rings is 3. The number of aromatic nitrogens is 3. The van der Waals surface area contributed by atoms with Gasteiger partial charge in [-0.1, -0.05) is 69.3 Å². The highest BCUT2D eigenvalue weighted by Gasteiger charge is 2.45. The Morgan fingerprint density at radius 2 is 1.63 bits per heavy atom. The summed E-state index contributed by atoms with van der Waals surface area (Å²) in [4.78, 5) is 52.8. The van der Waals surface area contributed by atoms with E-state index in [0.717, 1.165) is 51.4 Å². The summed E-state index contributed by atoms with van der Waals surface area (Å²) < 4.78 is 0. The van der Waals surface area contributed by atoms with E-state index in [0.29, 0.717) is 30.2 Å². The number of nitrogens with two attached hydrogens (primary N) is 1. The number of aromatic hydroxyl groups is 1. The number of piperidine rings is 1. The Morgan fingerprint density at radius 1 is 0.952 bits per heavy atom. The van der Waals surface area contributed by atoms with Crippen molar-refractivity contribution in [2.45, 2.75) is 84.2 Å². The second kappa shape index (κ2) is 18.6. The van der Waals surface area contributed by atoms with Crippen LogP contribution in [0.1, 0.15) is 64.3 Å². The first kappa shape index (κ1) is 44.2. The van der Waals surface area contributed by atoms with Crippen LogP contribution in [0.25, 0.3) is 32.8 Å². The minimum atomic E-state index is -0.905. The Balaban J connectivity index is 0.923. The second-order valence-corrected chi connectivity index (χ2v) is 18.4. The molecule has 0 saturated carbocycles. The van der Waals surface area contributed by atoms with Crippen molar-refractivity contribution in [3.63, 3.8) is 0 Å². The molecule has 0 radical (unpaired) electrons. The number of aryl methyl sites for hydroxylation is 1. The Morgan fingerprint density at radius 3 is 2.27 bits per heavy atom. The number of anilines is 2. The Hall–Kier alpha value is -5.90. The third-order valence-corrected chi connectivity index (χ3v) is 13.1. The van der Waals surface area contributed by atoms with Crippen molar-refractivity contribution in [2.24, 2.45) is 5.41 Å². The van der Waals surface area contributed by atoms with Crippen LogP contribution in [-0.4, -0.2) is 110 Å². The number of phenols is 1. The van der Waals surface area contributed by atoms with E-state index in [9.17, 15) is 24.6 Å². The molecule has 6 N–H and O–H groups in total. The van der Waals surface area contributed by atoms with Crippen molar-refractivity contribution < 1.29 is 24.6 Å². The number of likely N-dealkylation sites (tertiary alicyclic amines) is 2. The lowest BCUT2D eigenvalue weighted by atomic mass is 9.85.